The Morgan fingerprint density at radius 3 is 2.38 bits per heavy atom. The highest BCUT2D eigenvalue weighted by Crippen LogP contribution is 2.31. The first-order valence-corrected chi connectivity index (χ1v) is 8.49. The first kappa shape index (κ1) is 18.4. The van der Waals surface area contributed by atoms with Crippen LogP contribution in [0.25, 0.3) is 0 Å². The van der Waals surface area contributed by atoms with Gasteiger partial charge in [-0.1, -0.05) is 37.3 Å². The van der Waals surface area contributed by atoms with Crippen LogP contribution in [0.5, 0.6) is 5.75 Å². The normalized spacial score (nSPS) is 16.8. The van der Waals surface area contributed by atoms with Gasteiger partial charge in [0.25, 0.3) is 0 Å². The predicted molar refractivity (Wildman–Crippen MR) is 94.5 cm³/mol. The monoisotopic (exact) mass is 353 g/mol. The molecule has 0 heterocycles. The van der Waals surface area contributed by atoms with Gasteiger partial charge in [0, 0.05) is 11.1 Å². The fourth-order valence-electron chi connectivity index (χ4n) is 3.07. The highest BCUT2D eigenvalue weighted by molar-refractivity contribution is 6.31. The molecule has 0 radical (unpaired) electrons. The first-order valence-electron chi connectivity index (χ1n) is 8.11. The molecule has 0 aromatic heterocycles. The van der Waals surface area contributed by atoms with E-state index in [0.717, 1.165) is 31.2 Å². The number of halogens is 1. The number of aryl methyl sites for hydroxylation is 1. The summed E-state index contributed by atoms with van der Waals surface area (Å²) in [6, 6.07) is 2.89. The largest absolute Gasteiger partial charge is 0.495 e. The van der Waals surface area contributed by atoms with E-state index in [1.54, 1.807) is 12.1 Å². The van der Waals surface area contributed by atoms with Crippen molar-refractivity contribution in [3.8, 4) is 5.75 Å². The molecule has 0 unspecified atom stereocenters. The number of nitrogens with one attached hydrogen (secondary N) is 2. The number of ether oxygens (including phenoxy) is 1. The quantitative estimate of drug-likeness (QED) is 0.724. The predicted octanol–water partition coefficient (Wildman–Crippen LogP) is 3.36. The van der Waals surface area contributed by atoms with E-state index in [1.165, 1.54) is 7.11 Å². The molecule has 1 saturated carbocycles. The van der Waals surface area contributed by atoms with Crippen LogP contribution in [0.4, 0.5) is 10.5 Å². The Kier molecular flexibility index (Phi) is 5.94. The third-order valence-corrected chi connectivity index (χ3v) is 4.92. The van der Waals surface area contributed by atoms with Gasteiger partial charge in [0.15, 0.2) is 0 Å². The lowest BCUT2D eigenvalue weighted by Crippen LogP contribution is -2.58. The number of benzene rings is 1. The number of methoxy groups -OCH3 is 1. The number of carbonyl (C=O) groups excluding carboxylic acids is 2. The van der Waals surface area contributed by atoms with E-state index < -0.39 is 17.5 Å². The second-order valence-corrected chi connectivity index (χ2v) is 6.65. The maximum absolute atomic E-state index is 12.4. The molecule has 1 aromatic rings. The summed E-state index contributed by atoms with van der Waals surface area (Å²) in [6.07, 6.45) is 4.95. The Hall–Kier alpha value is -1.95. The molecule has 0 spiro atoms. The molecule has 0 atom stereocenters. The zero-order chi connectivity index (χ0) is 17.7. The van der Waals surface area contributed by atoms with Crippen LogP contribution in [0.2, 0.25) is 5.02 Å². The number of hydrogen-bond donors (Lipinski definition) is 3. The van der Waals surface area contributed by atoms with E-state index in [4.69, 9.17) is 22.1 Å². The highest BCUT2D eigenvalue weighted by atomic mass is 35.5. The van der Waals surface area contributed by atoms with Crippen LogP contribution in [0.15, 0.2) is 12.1 Å². The molecule has 7 heteroatoms. The van der Waals surface area contributed by atoms with Gasteiger partial charge in [-0.3, -0.25) is 4.79 Å². The second kappa shape index (κ2) is 7.75. The molecule has 132 valence electrons. The molecule has 2 rings (SSSR count). The standard InChI is InChI=1S/C17H24ClN3O3/c1-11-9-13(14(24-2)10-12(11)18)20-16(23)21-17(15(19)22)7-5-3-4-6-8-17/h9-10H,3-8H2,1-2H3,(H2,19,22)(H2,20,21,23). The van der Waals surface area contributed by atoms with E-state index in [-0.39, 0.29) is 0 Å². The van der Waals surface area contributed by atoms with Crippen LogP contribution >= 0.6 is 11.6 Å². The molecule has 1 aliphatic carbocycles. The fraction of sp³-hybridized carbons (Fsp3) is 0.529. The molecule has 4 N–H and O–H groups in total. The van der Waals surface area contributed by atoms with Crippen molar-refractivity contribution in [2.75, 3.05) is 12.4 Å². The fourth-order valence-corrected chi connectivity index (χ4v) is 3.22. The number of anilines is 1. The van der Waals surface area contributed by atoms with E-state index >= 15 is 0 Å². The lowest BCUT2D eigenvalue weighted by atomic mass is 9.89. The average Bonchev–Trinajstić information content (AvgIpc) is 2.77. The summed E-state index contributed by atoms with van der Waals surface area (Å²) in [5.74, 6) is -0.0338. The summed E-state index contributed by atoms with van der Waals surface area (Å²) < 4.78 is 5.25. The van der Waals surface area contributed by atoms with E-state index in [9.17, 15) is 9.59 Å². The van der Waals surface area contributed by atoms with Crippen molar-refractivity contribution < 1.29 is 14.3 Å². The number of urea groups is 1. The molecule has 1 aromatic carbocycles. The first-order chi connectivity index (χ1) is 11.4. The van der Waals surface area contributed by atoms with Crippen LogP contribution in [0.3, 0.4) is 0 Å². The van der Waals surface area contributed by atoms with Crippen LogP contribution in [0.1, 0.15) is 44.1 Å². The van der Waals surface area contributed by atoms with Crippen molar-refractivity contribution in [2.45, 2.75) is 51.0 Å². The number of nitrogens with two attached hydrogens (primary N) is 1. The van der Waals surface area contributed by atoms with Gasteiger partial charge >= 0.3 is 6.03 Å². The average molecular weight is 354 g/mol. The molecule has 0 saturated heterocycles. The zero-order valence-electron chi connectivity index (χ0n) is 14.1. The van der Waals surface area contributed by atoms with Gasteiger partial charge in [0.2, 0.25) is 5.91 Å². The number of carbonyl (C=O) groups is 2. The van der Waals surface area contributed by atoms with Crippen molar-refractivity contribution in [1.82, 2.24) is 5.32 Å². The lowest BCUT2D eigenvalue weighted by Gasteiger charge is -2.30. The van der Waals surface area contributed by atoms with Crippen LogP contribution < -0.4 is 21.1 Å². The van der Waals surface area contributed by atoms with Crippen LogP contribution in [-0.4, -0.2) is 24.6 Å². The number of rotatable bonds is 4. The van der Waals surface area contributed by atoms with Gasteiger partial charge in [-0.25, -0.2) is 4.79 Å². The van der Waals surface area contributed by atoms with Crippen molar-refractivity contribution >= 4 is 29.2 Å². The van der Waals surface area contributed by atoms with E-state index in [0.29, 0.717) is 29.3 Å². The van der Waals surface area contributed by atoms with E-state index in [2.05, 4.69) is 10.6 Å². The third-order valence-electron chi connectivity index (χ3n) is 4.51. The number of amides is 3. The number of primary amides is 1. The topological polar surface area (TPSA) is 93.4 Å². The summed E-state index contributed by atoms with van der Waals surface area (Å²) in [6.45, 7) is 1.83. The SMILES string of the molecule is COc1cc(Cl)c(C)cc1NC(=O)NC1(C(N)=O)CCCCCC1. The molecule has 3 amide bonds. The summed E-state index contributed by atoms with van der Waals surface area (Å²) >= 11 is 6.07. The number of hydrogen-bond acceptors (Lipinski definition) is 3. The Morgan fingerprint density at radius 1 is 1.21 bits per heavy atom. The summed E-state index contributed by atoms with van der Waals surface area (Å²) in [4.78, 5) is 24.4. The lowest BCUT2D eigenvalue weighted by molar-refractivity contribution is -0.124. The molecule has 0 aliphatic heterocycles. The van der Waals surface area contributed by atoms with Crippen molar-refractivity contribution in [2.24, 2.45) is 5.73 Å². The molecule has 6 nitrogen and oxygen atoms in total. The second-order valence-electron chi connectivity index (χ2n) is 6.24. The van der Waals surface area contributed by atoms with Gasteiger partial charge < -0.3 is 21.1 Å². The van der Waals surface area contributed by atoms with Crippen molar-refractivity contribution in [1.29, 1.82) is 0 Å². The van der Waals surface area contributed by atoms with E-state index in [1.807, 2.05) is 6.92 Å². The molecule has 24 heavy (non-hydrogen) atoms. The van der Waals surface area contributed by atoms with Crippen LogP contribution in [-0.2, 0) is 4.79 Å². The van der Waals surface area contributed by atoms with Gasteiger partial charge in [0.05, 0.1) is 12.8 Å². The maximum atomic E-state index is 12.4. The van der Waals surface area contributed by atoms with Crippen molar-refractivity contribution in [3.05, 3.63) is 22.7 Å². The minimum Gasteiger partial charge on any atom is -0.495 e. The van der Waals surface area contributed by atoms with Gasteiger partial charge in [-0.05, 0) is 31.4 Å². The van der Waals surface area contributed by atoms with Crippen molar-refractivity contribution in [3.63, 3.8) is 0 Å². The smallest absolute Gasteiger partial charge is 0.320 e. The van der Waals surface area contributed by atoms with Gasteiger partial charge in [-0.15, -0.1) is 0 Å². The molecule has 0 bridgehead atoms. The zero-order valence-corrected chi connectivity index (χ0v) is 14.8. The summed E-state index contributed by atoms with van der Waals surface area (Å²) in [5.41, 5.74) is 5.90. The van der Waals surface area contributed by atoms with Gasteiger partial charge in [-0.2, -0.15) is 0 Å². The maximum Gasteiger partial charge on any atom is 0.320 e. The Labute approximate surface area is 147 Å². The van der Waals surface area contributed by atoms with Crippen LogP contribution in [0, 0.1) is 6.92 Å². The Balaban J connectivity index is 2.17. The Bertz CT molecular complexity index is 626. The minimum atomic E-state index is -0.991. The molecule has 1 aliphatic rings. The van der Waals surface area contributed by atoms with Gasteiger partial charge in [0.1, 0.15) is 11.3 Å². The summed E-state index contributed by atoms with van der Waals surface area (Å²) in [7, 11) is 1.50. The Morgan fingerprint density at radius 2 is 1.83 bits per heavy atom. The molecular weight excluding hydrogens is 330 g/mol. The highest BCUT2D eigenvalue weighted by Gasteiger charge is 2.38. The minimum absolute atomic E-state index is 0.453. The molecule has 1 fully saturated rings. The molecular formula is C17H24ClN3O3. The third kappa shape index (κ3) is 4.12. The summed E-state index contributed by atoms with van der Waals surface area (Å²) in [5, 5.41) is 6.08.